The van der Waals surface area contributed by atoms with Gasteiger partial charge < -0.3 is 5.73 Å². The summed E-state index contributed by atoms with van der Waals surface area (Å²) in [5, 5.41) is 0. The Morgan fingerprint density at radius 3 is 2.12 bits per heavy atom. The number of benzene rings is 1. The van der Waals surface area contributed by atoms with E-state index >= 15 is 0 Å². The van der Waals surface area contributed by atoms with E-state index in [4.69, 9.17) is 5.73 Å². The van der Waals surface area contributed by atoms with Crippen LogP contribution in [0.3, 0.4) is 0 Å². The van der Waals surface area contributed by atoms with Crippen LogP contribution < -0.4 is 5.73 Å². The minimum absolute atomic E-state index is 0.191. The van der Waals surface area contributed by atoms with Gasteiger partial charge in [-0.25, -0.2) is 0 Å². The highest BCUT2D eigenvalue weighted by atomic mass is 16.1. The molecule has 1 aliphatic carbocycles. The van der Waals surface area contributed by atoms with Crippen molar-refractivity contribution < 1.29 is 4.79 Å². The summed E-state index contributed by atoms with van der Waals surface area (Å²) in [4.78, 5) is 12.4. The highest BCUT2D eigenvalue weighted by molar-refractivity contribution is 5.98. The number of hydrogen-bond donors (Lipinski definition) is 1. The molecule has 1 saturated carbocycles. The Kier molecular flexibility index (Phi) is 3.63. The predicted molar refractivity (Wildman–Crippen MR) is 70.2 cm³/mol. The van der Waals surface area contributed by atoms with Gasteiger partial charge in [0.15, 0.2) is 5.78 Å². The standard InChI is InChI=1S/C15H21NO/c1-10-7-11(2)9-13(8-10)15(17)12-3-5-14(16)6-4-12/h7-9,12,14H,3-6,16H2,1-2H3. The summed E-state index contributed by atoms with van der Waals surface area (Å²) < 4.78 is 0. The highest BCUT2D eigenvalue weighted by Crippen LogP contribution is 2.27. The van der Waals surface area contributed by atoms with Gasteiger partial charge in [-0.1, -0.05) is 17.2 Å². The average Bonchev–Trinajstić information content (AvgIpc) is 2.28. The molecule has 92 valence electrons. The van der Waals surface area contributed by atoms with Crippen LogP contribution in [0.5, 0.6) is 0 Å². The first-order valence-electron chi connectivity index (χ1n) is 6.44. The number of carbonyl (C=O) groups is 1. The zero-order valence-electron chi connectivity index (χ0n) is 10.7. The van der Waals surface area contributed by atoms with Gasteiger partial charge in [0.05, 0.1) is 0 Å². The highest BCUT2D eigenvalue weighted by Gasteiger charge is 2.25. The summed E-state index contributed by atoms with van der Waals surface area (Å²) in [6.07, 6.45) is 3.88. The van der Waals surface area contributed by atoms with E-state index in [-0.39, 0.29) is 5.92 Å². The van der Waals surface area contributed by atoms with E-state index < -0.39 is 0 Å². The van der Waals surface area contributed by atoms with Crippen LogP contribution in [-0.2, 0) is 0 Å². The second kappa shape index (κ2) is 5.01. The molecule has 2 rings (SSSR count). The second-order valence-electron chi connectivity index (χ2n) is 5.35. The Hall–Kier alpha value is -1.15. The number of Topliss-reactive ketones (excluding diaryl/α,β-unsaturated/α-hetero) is 1. The lowest BCUT2D eigenvalue weighted by Crippen LogP contribution is -2.29. The fourth-order valence-corrected chi connectivity index (χ4v) is 2.73. The molecule has 0 aliphatic heterocycles. The molecule has 1 aliphatic rings. The third kappa shape index (κ3) is 2.95. The Balaban J connectivity index is 2.14. The van der Waals surface area contributed by atoms with Crippen LogP contribution >= 0.6 is 0 Å². The van der Waals surface area contributed by atoms with Gasteiger partial charge in [0.25, 0.3) is 0 Å². The molecular formula is C15H21NO. The smallest absolute Gasteiger partial charge is 0.165 e. The second-order valence-corrected chi connectivity index (χ2v) is 5.35. The monoisotopic (exact) mass is 231 g/mol. The SMILES string of the molecule is Cc1cc(C)cc(C(=O)C2CCC(N)CC2)c1. The first-order valence-corrected chi connectivity index (χ1v) is 6.44. The summed E-state index contributed by atoms with van der Waals surface area (Å²) in [5.41, 5.74) is 9.09. The van der Waals surface area contributed by atoms with Crippen molar-refractivity contribution in [1.82, 2.24) is 0 Å². The largest absolute Gasteiger partial charge is 0.328 e. The third-order valence-electron chi connectivity index (χ3n) is 3.65. The maximum atomic E-state index is 12.4. The van der Waals surface area contributed by atoms with Crippen LogP contribution in [0.1, 0.15) is 47.2 Å². The molecule has 1 aromatic rings. The summed E-state index contributed by atoms with van der Waals surface area (Å²) in [5.74, 6) is 0.500. The van der Waals surface area contributed by atoms with Gasteiger partial charge in [-0.2, -0.15) is 0 Å². The molecule has 0 bridgehead atoms. The van der Waals surface area contributed by atoms with E-state index in [0.29, 0.717) is 11.8 Å². The molecule has 1 fully saturated rings. The lowest BCUT2D eigenvalue weighted by molar-refractivity contribution is 0.0884. The molecule has 0 radical (unpaired) electrons. The van der Waals surface area contributed by atoms with E-state index in [1.807, 2.05) is 26.0 Å². The Morgan fingerprint density at radius 1 is 1.06 bits per heavy atom. The molecule has 0 aromatic heterocycles. The Morgan fingerprint density at radius 2 is 1.59 bits per heavy atom. The van der Waals surface area contributed by atoms with Gasteiger partial charge in [-0.05, 0) is 51.7 Å². The Bertz CT molecular complexity index is 397. The molecule has 2 heteroatoms. The van der Waals surface area contributed by atoms with Gasteiger partial charge in [0, 0.05) is 17.5 Å². The lowest BCUT2D eigenvalue weighted by Gasteiger charge is -2.25. The normalized spacial score (nSPS) is 24.6. The van der Waals surface area contributed by atoms with Crippen molar-refractivity contribution in [3.05, 3.63) is 34.9 Å². The zero-order chi connectivity index (χ0) is 12.4. The van der Waals surface area contributed by atoms with Crippen molar-refractivity contribution in [2.45, 2.75) is 45.6 Å². The topological polar surface area (TPSA) is 43.1 Å². The van der Waals surface area contributed by atoms with Crippen molar-refractivity contribution in [3.63, 3.8) is 0 Å². The summed E-state index contributed by atoms with van der Waals surface area (Å²) >= 11 is 0. The van der Waals surface area contributed by atoms with Crippen molar-refractivity contribution in [3.8, 4) is 0 Å². The molecule has 0 unspecified atom stereocenters. The number of ketones is 1. The number of rotatable bonds is 2. The van der Waals surface area contributed by atoms with Gasteiger partial charge in [0.1, 0.15) is 0 Å². The molecule has 0 spiro atoms. The van der Waals surface area contributed by atoms with Gasteiger partial charge >= 0.3 is 0 Å². The Labute approximate surface area is 103 Å². The maximum absolute atomic E-state index is 12.4. The van der Waals surface area contributed by atoms with E-state index in [1.54, 1.807) is 0 Å². The van der Waals surface area contributed by atoms with Crippen LogP contribution in [0.25, 0.3) is 0 Å². The molecular weight excluding hydrogens is 210 g/mol. The minimum Gasteiger partial charge on any atom is -0.328 e. The average molecular weight is 231 g/mol. The summed E-state index contributed by atoms with van der Waals surface area (Å²) in [6.45, 7) is 4.08. The molecule has 2 nitrogen and oxygen atoms in total. The maximum Gasteiger partial charge on any atom is 0.165 e. The fraction of sp³-hybridized carbons (Fsp3) is 0.533. The molecule has 0 amide bonds. The quantitative estimate of drug-likeness (QED) is 0.795. The van der Waals surface area contributed by atoms with Crippen molar-refractivity contribution >= 4 is 5.78 Å². The molecule has 1 aromatic carbocycles. The predicted octanol–water partition coefficient (Wildman–Crippen LogP) is 3.00. The summed E-state index contributed by atoms with van der Waals surface area (Å²) in [7, 11) is 0. The summed E-state index contributed by atoms with van der Waals surface area (Å²) in [6, 6.07) is 6.42. The van der Waals surface area contributed by atoms with Gasteiger partial charge in [-0.15, -0.1) is 0 Å². The molecule has 0 heterocycles. The lowest BCUT2D eigenvalue weighted by atomic mass is 9.81. The third-order valence-corrected chi connectivity index (χ3v) is 3.65. The first-order chi connectivity index (χ1) is 8.06. The van der Waals surface area contributed by atoms with Crippen molar-refractivity contribution in [2.75, 3.05) is 0 Å². The van der Waals surface area contributed by atoms with Crippen molar-refractivity contribution in [2.24, 2.45) is 11.7 Å². The van der Waals surface area contributed by atoms with Crippen LogP contribution in [0, 0.1) is 19.8 Å². The molecule has 2 N–H and O–H groups in total. The zero-order valence-corrected chi connectivity index (χ0v) is 10.7. The van der Waals surface area contributed by atoms with E-state index in [2.05, 4.69) is 6.07 Å². The van der Waals surface area contributed by atoms with E-state index in [1.165, 1.54) is 11.1 Å². The van der Waals surface area contributed by atoms with Gasteiger partial charge in [-0.3, -0.25) is 4.79 Å². The van der Waals surface area contributed by atoms with Crippen LogP contribution in [0.15, 0.2) is 18.2 Å². The molecule has 0 atom stereocenters. The molecule has 17 heavy (non-hydrogen) atoms. The molecule has 0 saturated heterocycles. The van der Waals surface area contributed by atoms with Crippen molar-refractivity contribution in [1.29, 1.82) is 0 Å². The van der Waals surface area contributed by atoms with Crippen LogP contribution in [0.4, 0.5) is 0 Å². The number of carbonyl (C=O) groups excluding carboxylic acids is 1. The van der Waals surface area contributed by atoms with E-state index in [0.717, 1.165) is 31.2 Å². The van der Waals surface area contributed by atoms with Crippen LogP contribution in [-0.4, -0.2) is 11.8 Å². The fourth-order valence-electron chi connectivity index (χ4n) is 2.73. The van der Waals surface area contributed by atoms with Crippen LogP contribution in [0.2, 0.25) is 0 Å². The number of nitrogens with two attached hydrogens (primary N) is 1. The minimum atomic E-state index is 0.191. The number of aryl methyl sites for hydroxylation is 2. The van der Waals surface area contributed by atoms with E-state index in [9.17, 15) is 4.79 Å². The first kappa shape index (κ1) is 12.3. The van der Waals surface area contributed by atoms with Gasteiger partial charge in [0.2, 0.25) is 0 Å². The number of hydrogen-bond acceptors (Lipinski definition) is 2.